The van der Waals surface area contributed by atoms with E-state index in [0.717, 1.165) is 27.5 Å². The molecule has 0 fully saturated rings. The third kappa shape index (κ3) is 3.75. The first kappa shape index (κ1) is 15.6. The molecule has 5 heteroatoms. The highest BCUT2D eigenvalue weighted by Gasteiger charge is 2.10. The molecule has 2 aromatic carbocycles. The minimum Gasteiger partial charge on any atom is -0.355 e. The summed E-state index contributed by atoms with van der Waals surface area (Å²) in [7, 11) is 3.90. The van der Waals surface area contributed by atoms with Crippen molar-refractivity contribution >= 4 is 23.3 Å². The van der Waals surface area contributed by atoms with Gasteiger partial charge in [-0.3, -0.25) is 4.72 Å². The lowest BCUT2D eigenvalue weighted by atomic mass is 10.1. The monoisotopic (exact) mass is 324 g/mol. The molecule has 0 aliphatic heterocycles. The standard InChI is InChI=1S/C18H20N4S/c1-13-4-6-14(7-5-13)21-17-9-8-15(23-19-2)10-16(17)18-11-22(3)12-20-18/h4-12,19,21H,1-3H3. The van der Waals surface area contributed by atoms with Crippen LogP contribution >= 0.6 is 11.9 Å². The molecule has 23 heavy (non-hydrogen) atoms. The number of hydrogen-bond acceptors (Lipinski definition) is 4. The average Bonchev–Trinajstić information content (AvgIpc) is 2.98. The molecule has 0 radical (unpaired) electrons. The average molecular weight is 324 g/mol. The maximum atomic E-state index is 4.50. The van der Waals surface area contributed by atoms with Crippen LogP contribution in [-0.4, -0.2) is 16.6 Å². The molecule has 0 spiro atoms. The van der Waals surface area contributed by atoms with Crippen LogP contribution in [0, 0.1) is 6.92 Å². The Labute approximate surface area is 141 Å². The zero-order chi connectivity index (χ0) is 16.2. The predicted molar refractivity (Wildman–Crippen MR) is 98.0 cm³/mol. The van der Waals surface area contributed by atoms with E-state index in [1.165, 1.54) is 5.56 Å². The van der Waals surface area contributed by atoms with E-state index >= 15 is 0 Å². The minimum atomic E-state index is 0.959. The summed E-state index contributed by atoms with van der Waals surface area (Å²) in [6.45, 7) is 2.09. The van der Waals surface area contributed by atoms with Crippen LogP contribution in [-0.2, 0) is 7.05 Å². The van der Waals surface area contributed by atoms with Crippen molar-refractivity contribution in [3.8, 4) is 11.3 Å². The van der Waals surface area contributed by atoms with Crippen molar-refractivity contribution in [2.24, 2.45) is 7.05 Å². The Morgan fingerprint density at radius 2 is 1.87 bits per heavy atom. The number of aromatic nitrogens is 2. The number of benzene rings is 2. The summed E-state index contributed by atoms with van der Waals surface area (Å²) >= 11 is 1.60. The molecule has 0 unspecified atom stereocenters. The van der Waals surface area contributed by atoms with Gasteiger partial charge in [0.1, 0.15) is 0 Å². The zero-order valence-corrected chi connectivity index (χ0v) is 14.3. The SMILES string of the molecule is CNSc1ccc(Nc2ccc(C)cc2)c(-c2cn(C)cn2)c1. The second kappa shape index (κ2) is 6.89. The molecular weight excluding hydrogens is 304 g/mol. The summed E-state index contributed by atoms with van der Waals surface area (Å²) in [5.74, 6) is 0. The number of aryl methyl sites for hydroxylation is 2. The van der Waals surface area contributed by atoms with Gasteiger partial charge in [-0.2, -0.15) is 0 Å². The van der Waals surface area contributed by atoms with Gasteiger partial charge in [0.05, 0.1) is 12.0 Å². The molecule has 3 rings (SSSR count). The number of nitrogens with one attached hydrogen (secondary N) is 2. The first-order valence-electron chi connectivity index (χ1n) is 7.45. The molecule has 1 aromatic heterocycles. The molecule has 0 saturated heterocycles. The van der Waals surface area contributed by atoms with Crippen LogP contribution in [0.2, 0.25) is 0 Å². The third-order valence-electron chi connectivity index (χ3n) is 3.52. The molecule has 0 amide bonds. The van der Waals surface area contributed by atoms with Gasteiger partial charge >= 0.3 is 0 Å². The lowest BCUT2D eigenvalue weighted by Crippen LogP contribution is -1.96. The maximum Gasteiger partial charge on any atom is 0.0951 e. The Balaban J connectivity index is 1.99. The molecule has 2 N–H and O–H groups in total. The minimum absolute atomic E-state index is 0.959. The van der Waals surface area contributed by atoms with Crippen molar-refractivity contribution in [1.29, 1.82) is 0 Å². The van der Waals surface area contributed by atoms with Gasteiger partial charge in [0.15, 0.2) is 0 Å². The van der Waals surface area contributed by atoms with E-state index in [2.05, 4.69) is 64.4 Å². The van der Waals surface area contributed by atoms with E-state index in [9.17, 15) is 0 Å². The second-order valence-corrected chi connectivity index (χ2v) is 6.51. The van der Waals surface area contributed by atoms with Crippen LogP contribution in [0.15, 0.2) is 59.9 Å². The fourth-order valence-corrected chi connectivity index (χ4v) is 2.92. The summed E-state index contributed by atoms with van der Waals surface area (Å²) in [5.41, 5.74) is 5.42. The van der Waals surface area contributed by atoms with Crippen LogP contribution in [0.4, 0.5) is 11.4 Å². The number of rotatable bonds is 5. The molecule has 0 aliphatic rings. The quantitative estimate of drug-likeness (QED) is 0.684. The maximum absolute atomic E-state index is 4.50. The molecule has 1 heterocycles. The number of imidazole rings is 1. The van der Waals surface area contributed by atoms with Gasteiger partial charge in [0, 0.05) is 35.1 Å². The first-order chi connectivity index (χ1) is 11.2. The van der Waals surface area contributed by atoms with Crippen LogP contribution in [0.3, 0.4) is 0 Å². The van der Waals surface area contributed by atoms with E-state index in [-0.39, 0.29) is 0 Å². The van der Waals surface area contributed by atoms with Gasteiger partial charge in [0.2, 0.25) is 0 Å². The number of anilines is 2. The van der Waals surface area contributed by atoms with E-state index in [1.54, 1.807) is 11.9 Å². The summed E-state index contributed by atoms with van der Waals surface area (Å²) < 4.78 is 5.08. The van der Waals surface area contributed by atoms with Gasteiger partial charge in [-0.15, -0.1) is 0 Å². The van der Waals surface area contributed by atoms with Crippen molar-refractivity contribution in [2.75, 3.05) is 12.4 Å². The molecule has 0 bridgehead atoms. The number of hydrogen-bond donors (Lipinski definition) is 2. The second-order valence-electron chi connectivity index (χ2n) is 5.43. The van der Waals surface area contributed by atoms with Crippen molar-refractivity contribution < 1.29 is 0 Å². The van der Waals surface area contributed by atoms with Gasteiger partial charge < -0.3 is 9.88 Å². The van der Waals surface area contributed by atoms with Crippen molar-refractivity contribution in [2.45, 2.75) is 11.8 Å². The van der Waals surface area contributed by atoms with Gasteiger partial charge in [-0.05, 0) is 56.3 Å². The highest BCUT2D eigenvalue weighted by molar-refractivity contribution is 7.97. The van der Waals surface area contributed by atoms with Gasteiger partial charge in [-0.1, -0.05) is 17.7 Å². The molecular formula is C18H20N4S. The fraction of sp³-hybridized carbons (Fsp3) is 0.167. The Morgan fingerprint density at radius 3 is 2.52 bits per heavy atom. The highest BCUT2D eigenvalue weighted by atomic mass is 32.2. The van der Waals surface area contributed by atoms with E-state index in [0.29, 0.717) is 0 Å². The smallest absolute Gasteiger partial charge is 0.0951 e. The molecule has 4 nitrogen and oxygen atoms in total. The lowest BCUT2D eigenvalue weighted by Gasteiger charge is -2.13. The van der Waals surface area contributed by atoms with Crippen LogP contribution in [0.25, 0.3) is 11.3 Å². The highest BCUT2D eigenvalue weighted by Crippen LogP contribution is 2.32. The Morgan fingerprint density at radius 1 is 1.09 bits per heavy atom. The first-order valence-corrected chi connectivity index (χ1v) is 8.27. The summed E-state index contributed by atoms with van der Waals surface area (Å²) in [5, 5.41) is 3.50. The lowest BCUT2D eigenvalue weighted by molar-refractivity contribution is 0.913. The van der Waals surface area contributed by atoms with Crippen LogP contribution in [0.1, 0.15) is 5.56 Å². The topological polar surface area (TPSA) is 41.9 Å². The van der Waals surface area contributed by atoms with Crippen molar-refractivity contribution in [1.82, 2.24) is 14.3 Å². The third-order valence-corrected chi connectivity index (χ3v) is 4.22. The normalized spacial score (nSPS) is 10.7. The van der Waals surface area contributed by atoms with Crippen LogP contribution < -0.4 is 10.0 Å². The fourth-order valence-electron chi connectivity index (χ4n) is 2.37. The van der Waals surface area contributed by atoms with Crippen molar-refractivity contribution in [3.63, 3.8) is 0 Å². The molecule has 3 aromatic rings. The predicted octanol–water partition coefficient (Wildman–Crippen LogP) is 4.37. The van der Waals surface area contributed by atoms with Gasteiger partial charge in [0.25, 0.3) is 0 Å². The largest absolute Gasteiger partial charge is 0.355 e. The van der Waals surface area contributed by atoms with Crippen LogP contribution in [0.5, 0.6) is 0 Å². The summed E-state index contributed by atoms with van der Waals surface area (Å²) in [4.78, 5) is 5.65. The Bertz CT molecular complexity index is 793. The van der Waals surface area contributed by atoms with E-state index in [4.69, 9.17) is 0 Å². The molecule has 118 valence electrons. The molecule has 0 saturated carbocycles. The number of nitrogens with zero attached hydrogens (tertiary/aromatic N) is 2. The van der Waals surface area contributed by atoms with Gasteiger partial charge in [-0.25, -0.2) is 4.98 Å². The summed E-state index contributed by atoms with van der Waals surface area (Å²) in [6.07, 6.45) is 3.85. The molecule has 0 aliphatic carbocycles. The van der Waals surface area contributed by atoms with E-state index in [1.807, 2.05) is 31.2 Å². The van der Waals surface area contributed by atoms with Crippen molar-refractivity contribution in [3.05, 3.63) is 60.6 Å². The molecule has 0 atom stereocenters. The van der Waals surface area contributed by atoms with E-state index < -0.39 is 0 Å². The Kier molecular flexibility index (Phi) is 4.69. The summed E-state index contributed by atoms with van der Waals surface area (Å²) in [6, 6.07) is 14.7. The zero-order valence-electron chi connectivity index (χ0n) is 13.5. The Hall–Kier alpha value is -2.24.